The summed E-state index contributed by atoms with van der Waals surface area (Å²) in [6.07, 6.45) is 4.91. The van der Waals surface area contributed by atoms with Crippen molar-refractivity contribution < 1.29 is 8.95 Å². The van der Waals surface area contributed by atoms with E-state index in [2.05, 4.69) is 26.3 Å². The van der Waals surface area contributed by atoms with Crippen LogP contribution in [-0.2, 0) is 21.9 Å². The Morgan fingerprint density at radius 1 is 1.21 bits per heavy atom. The van der Waals surface area contributed by atoms with Crippen LogP contribution in [0.1, 0.15) is 17.5 Å². The molecule has 2 N–H and O–H groups in total. The van der Waals surface area contributed by atoms with Gasteiger partial charge in [0.1, 0.15) is 12.1 Å². The molecule has 0 amide bonds. The Kier molecular flexibility index (Phi) is 4.95. The van der Waals surface area contributed by atoms with Gasteiger partial charge in [-0.3, -0.25) is 4.78 Å². The predicted octanol–water partition coefficient (Wildman–Crippen LogP) is 3.78. The number of fused-ring (bicyclic) bond motifs is 1. The molecule has 0 spiro atoms. The van der Waals surface area contributed by atoms with Crippen LogP contribution in [0.2, 0.25) is 0 Å². The number of benzene rings is 2. The average Bonchev–Trinajstić information content (AvgIpc) is 2.67. The quantitative estimate of drug-likeness (QED) is 0.682. The van der Waals surface area contributed by atoms with E-state index in [1.54, 1.807) is 0 Å². The van der Waals surface area contributed by atoms with Crippen molar-refractivity contribution in [3.8, 4) is 17.1 Å². The number of hydrogen-bond acceptors (Lipinski definition) is 7. The lowest BCUT2D eigenvalue weighted by Crippen LogP contribution is -2.10. The zero-order chi connectivity index (χ0) is 19.6. The minimum absolute atomic E-state index is 0.207. The lowest BCUT2D eigenvalue weighted by Gasteiger charge is -2.19. The molecular formula is C20H21N5O2S. The molecule has 1 atom stereocenters. The smallest absolute Gasteiger partial charge is 0.230 e. The molecule has 0 saturated heterocycles. The molecule has 0 bridgehead atoms. The second kappa shape index (κ2) is 7.55. The summed E-state index contributed by atoms with van der Waals surface area (Å²) in [5, 5.41) is 3.16. The van der Waals surface area contributed by atoms with Gasteiger partial charge in [-0.15, -0.1) is 0 Å². The van der Waals surface area contributed by atoms with Gasteiger partial charge in [0.2, 0.25) is 5.95 Å². The molecular weight excluding hydrogens is 374 g/mol. The Balaban J connectivity index is 1.61. The molecule has 1 unspecified atom stereocenters. The lowest BCUT2D eigenvalue weighted by molar-refractivity contribution is 0.289. The highest BCUT2D eigenvalue weighted by Gasteiger charge is 2.17. The van der Waals surface area contributed by atoms with Gasteiger partial charge in [0.15, 0.2) is 5.82 Å². The second-order valence-corrected chi connectivity index (χ2v) is 9.15. The van der Waals surface area contributed by atoms with E-state index in [1.165, 1.54) is 18.1 Å². The first-order valence-corrected chi connectivity index (χ1v) is 11.1. The number of ether oxygens (including phenoxy) is 1. The number of aromatic nitrogens is 3. The van der Waals surface area contributed by atoms with Gasteiger partial charge in [-0.2, -0.15) is 4.98 Å². The standard InChI is InChI=1S/C20H21N5O2S/c1-28(21,26)12-14-5-2-8-16(11-14)24-20-23-13-22-19(25-20)17-9-3-6-15-7-4-10-27-18(15)17/h2-3,5-6,8-9,11,13,21H,4,7,10,12H2,1H3,(H,22,23,24,25). The minimum Gasteiger partial charge on any atom is -0.493 e. The third-order valence-corrected chi connectivity index (χ3v) is 5.26. The van der Waals surface area contributed by atoms with E-state index in [4.69, 9.17) is 9.52 Å². The molecule has 0 radical (unpaired) electrons. The molecule has 2 aromatic carbocycles. The molecule has 144 valence electrons. The van der Waals surface area contributed by atoms with Gasteiger partial charge in [0, 0.05) is 21.7 Å². The fourth-order valence-corrected chi connectivity index (χ4v) is 4.05. The summed E-state index contributed by atoms with van der Waals surface area (Å²) >= 11 is 0. The fraction of sp³-hybridized carbons (Fsp3) is 0.250. The molecule has 3 aromatic rings. The number of rotatable bonds is 5. The van der Waals surface area contributed by atoms with E-state index in [0.29, 0.717) is 18.4 Å². The number of para-hydroxylation sites is 1. The van der Waals surface area contributed by atoms with Crippen LogP contribution in [0.3, 0.4) is 0 Å². The van der Waals surface area contributed by atoms with Crippen molar-refractivity contribution in [1.82, 2.24) is 15.0 Å². The van der Waals surface area contributed by atoms with E-state index >= 15 is 0 Å². The summed E-state index contributed by atoms with van der Waals surface area (Å²) in [5.41, 5.74) is 3.62. The molecule has 1 aliphatic rings. The van der Waals surface area contributed by atoms with Gasteiger partial charge in [-0.1, -0.05) is 24.3 Å². The van der Waals surface area contributed by atoms with Gasteiger partial charge in [0.25, 0.3) is 0 Å². The summed E-state index contributed by atoms with van der Waals surface area (Å²) in [4.78, 5) is 13.1. The lowest BCUT2D eigenvalue weighted by atomic mass is 10.0. The normalized spacial score (nSPS) is 15.2. The van der Waals surface area contributed by atoms with Crippen LogP contribution < -0.4 is 10.1 Å². The summed E-state index contributed by atoms with van der Waals surface area (Å²) in [7, 11) is -2.60. The van der Waals surface area contributed by atoms with E-state index in [1.807, 2.05) is 36.4 Å². The summed E-state index contributed by atoms with van der Waals surface area (Å²) in [6.45, 7) is 0.698. The molecule has 7 nitrogen and oxygen atoms in total. The van der Waals surface area contributed by atoms with Crippen LogP contribution in [0.25, 0.3) is 11.4 Å². The SMILES string of the molecule is CS(=N)(=O)Cc1cccc(Nc2ncnc(-c3cccc4c3OCCC4)n2)c1. The maximum atomic E-state index is 11.7. The van der Waals surface area contributed by atoms with E-state index in [9.17, 15) is 4.21 Å². The maximum absolute atomic E-state index is 11.7. The zero-order valence-corrected chi connectivity index (χ0v) is 16.3. The third-order valence-electron chi connectivity index (χ3n) is 4.37. The van der Waals surface area contributed by atoms with Gasteiger partial charge < -0.3 is 10.1 Å². The van der Waals surface area contributed by atoms with E-state index in [0.717, 1.165) is 35.4 Å². The minimum atomic E-state index is -2.60. The van der Waals surface area contributed by atoms with E-state index in [-0.39, 0.29) is 5.75 Å². The van der Waals surface area contributed by atoms with Crippen LogP contribution in [0.15, 0.2) is 48.8 Å². The second-order valence-electron chi connectivity index (χ2n) is 6.85. The summed E-state index contributed by atoms with van der Waals surface area (Å²) in [6, 6.07) is 13.5. The zero-order valence-electron chi connectivity index (χ0n) is 15.5. The Bertz CT molecular complexity index is 1120. The van der Waals surface area contributed by atoms with Crippen molar-refractivity contribution in [1.29, 1.82) is 4.78 Å². The highest BCUT2D eigenvalue weighted by atomic mass is 32.2. The Labute approximate surface area is 164 Å². The molecule has 0 aliphatic carbocycles. The van der Waals surface area contributed by atoms with E-state index < -0.39 is 9.73 Å². The van der Waals surface area contributed by atoms with Gasteiger partial charge in [-0.05, 0) is 42.2 Å². The molecule has 0 saturated carbocycles. The topological polar surface area (TPSA) is 101 Å². The van der Waals surface area contributed by atoms with Crippen molar-refractivity contribution in [3.63, 3.8) is 0 Å². The Morgan fingerprint density at radius 2 is 2.07 bits per heavy atom. The number of nitrogens with one attached hydrogen (secondary N) is 2. The number of anilines is 2. The number of aryl methyl sites for hydroxylation is 1. The molecule has 1 aromatic heterocycles. The molecule has 2 heterocycles. The van der Waals surface area contributed by atoms with Crippen LogP contribution >= 0.6 is 0 Å². The van der Waals surface area contributed by atoms with Gasteiger partial charge in [0.05, 0.1) is 17.9 Å². The van der Waals surface area contributed by atoms with Crippen LogP contribution in [0.4, 0.5) is 11.6 Å². The van der Waals surface area contributed by atoms with Crippen molar-refractivity contribution in [3.05, 3.63) is 59.9 Å². The fourth-order valence-electron chi connectivity index (χ4n) is 3.24. The van der Waals surface area contributed by atoms with Gasteiger partial charge in [-0.25, -0.2) is 14.2 Å². The summed E-state index contributed by atoms with van der Waals surface area (Å²) in [5.74, 6) is 2.02. The molecule has 0 fully saturated rings. The maximum Gasteiger partial charge on any atom is 0.230 e. The molecule has 28 heavy (non-hydrogen) atoms. The average molecular weight is 395 g/mol. The number of hydrogen-bond donors (Lipinski definition) is 2. The monoisotopic (exact) mass is 395 g/mol. The number of nitrogens with zero attached hydrogens (tertiary/aromatic N) is 3. The first-order valence-electron chi connectivity index (χ1n) is 8.99. The first kappa shape index (κ1) is 18.4. The summed E-state index contributed by atoms with van der Waals surface area (Å²) < 4.78 is 25.2. The largest absolute Gasteiger partial charge is 0.493 e. The van der Waals surface area contributed by atoms with Crippen molar-refractivity contribution in [2.75, 3.05) is 18.2 Å². The highest BCUT2D eigenvalue weighted by Crippen LogP contribution is 2.34. The van der Waals surface area contributed by atoms with Crippen molar-refractivity contribution in [2.45, 2.75) is 18.6 Å². The Morgan fingerprint density at radius 3 is 2.93 bits per heavy atom. The molecule has 4 rings (SSSR count). The molecule has 1 aliphatic heterocycles. The highest BCUT2D eigenvalue weighted by molar-refractivity contribution is 7.90. The molecule has 8 heteroatoms. The Hall–Kier alpha value is -3.00. The van der Waals surface area contributed by atoms with Gasteiger partial charge >= 0.3 is 0 Å². The first-order chi connectivity index (χ1) is 13.5. The predicted molar refractivity (Wildman–Crippen MR) is 109 cm³/mol. The van der Waals surface area contributed by atoms with Crippen molar-refractivity contribution in [2.24, 2.45) is 0 Å². The van der Waals surface area contributed by atoms with Crippen LogP contribution in [0, 0.1) is 4.78 Å². The third kappa shape index (κ3) is 4.28. The van der Waals surface area contributed by atoms with Crippen LogP contribution in [0.5, 0.6) is 5.75 Å². The van der Waals surface area contributed by atoms with Crippen LogP contribution in [-0.4, -0.2) is 32.0 Å². The van der Waals surface area contributed by atoms with Crippen molar-refractivity contribution >= 4 is 21.4 Å².